The van der Waals surface area contributed by atoms with E-state index in [1.807, 2.05) is 38.1 Å². The minimum absolute atomic E-state index is 0.00718. The largest absolute Gasteiger partial charge is 0.467 e. The van der Waals surface area contributed by atoms with Crippen LogP contribution in [0.2, 0.25) is 0 Å². The summed E-state index contributed by atoms with van der Waals surface area (Å²) in [5.74, 6) is 0.730. The van der Waals surface area contributed by atoms with Crippen LogP contribution in [0.3, 0.4) is 0 Å². The first-order valence-electron chi connectivity index (χ1n) is 6.33. The van der Waals surface area contributed by atoms with E-state index < -0.39 is 6.10 Å². The summed E-state index contributed by atoms with van der Waals surface area (Å²) in [5.41, 5.74) is 2.78. The van der Waals surface area contributed by atoms with E-state index in [-0.39, 0.29) is 5.78 Å². The molecule has 100 valence electrons. The predicted octanol–water partition coefficient (Wildman–Crippen LogP) is 3.68. The Morgan fingerprint density at radius 3 is 2.79 bits per heavy atom. The molecule has 0 aliphatic carbocycles. The average molecular weight is 258 g/mol. The average Bonchev–Trinajstić information content (AvgIpc) is 2.91. The summed E-state index contributed by atoms with van der Waals surface area (Å²) in [6, 6.07) is 9.50. The summed E-state index contributed by atoms with van der Waals surface area (Å²) < 4.78 is 10.7. The predicted molar refractivity (Wildman–Crippen MR) is 73.2 cm³/mol. The molecule has 0 radical (unpaired) electrons. The van der Waals surface area contributed by atoms with Crippen molar-refractivity contribution in [1.29, 1.82) is 0 Å². The first-order chi connectivity index (χ1) is 9.08. The molecule has 0 aliphatic heterocycles. The molecule has 3 heteroatoms. The number of benzene rings is 1. The van der Waals surface area contributed by atoms with Crippen LogP contribution in [0.5, 0.6) is 0 Å². The van der Waals surface area contributed by atoms with Gasteiger partial charge in [-0.1, -0.05) is 17.7 Å². The molecule has 0 aliphatic rings. The molecule has 0 fully saturated rings. The lowest BCUT2D eigenvalue weighted by Crippen LogP contribution is -2.21. The third kappa shape index (κ3) is 3.32. The third-order valence-electron chi connectivity index (χ3n) is 3.08. The standard InChI is InChI=1S/C16H18O3/c1-11-6-7-12(2)15(9-11)16(17)13(3)19-10-14-5-4-8-18-14/h4-9,13H,10H2,1-3H3. The zero-order valence-corrected chi connectivity index (χ0v) is 11.5. The van der Waals surface area contributed by atoms with Crippen LogP contribution in [0.4, 0.5) is 0 Å². The lowest BCUT2D eigenvalue weighted by molar-refractivity contribution is 0.0356. The van der Waals surface area contributed by atoms with Crippen molar-refractivity contribution in [1.82, 2.24) is 0 Å². The number of hydrogen-bond acceptors (Lipinski definition) is 3. The van der Waals surface area contributed by atoms with Crippen LogP contribution in [0.25, 0.3) is 0 Å². The topological polar surface area (TPSA) is 39.4 Å². The fourth-order valence-corrected chi connectivity index (χ4v) is 1.90. The van der Waals surface area contributed by atoms with E-state index in [4.69, 9.17) is 9.15 Å². The maximum absolute atomic E-state index is 12.3. The molecule has 0 amide bonds. The Balaban J connectivity index is 2.04. The van der Waals surface area contributed by atoms with Crippen LogP contribution >= 0.6 is 0 Å². The normalized spacial score (nSPS) is 12.4. The number of Topliss-reactive ketones (excluding diaryl/α,β-unsaturated/α-hetero) is 1. The fraction of sp³-hybridized carbons (Fsp3) is 0.312. The molecule has 1 heterocycles. The first-order valence-corrected chi connectivity index (χ1v) is 6.33. The van der Waals surface area contributed by atoms with Crippen molar-refractivity contribution in [3.8, 4) is 0 Å². The van der Waals surface area contributed by atoms with Gasteiger partial charge in [0, 0.05) is 5.56 Å². The quantitative estimate of drug-likeness (QED) is 0.768. The summed E-state index contributed by atoms with van der Waals surface area (Å²) in [6.45, 7) is 5.99. The molecule has 1 aromatic carbocycles. The van der Waals surface area contributed by atoms with Gasteiger partial charge in [0.05, 0.1) is 6.26 Å². The number of aryl methyl sites for hydroxylation is 2. The number of hydrogen-bond donors (Lipinski definition) is 0. The van der Waals surface area contributed by atoms with Gasteiger partial charge in [0.25, 0.3) is 0 Å². The van der Waals surface area contributed by atoms with E-state index in [1.165, 1.54) is 0 Å². The molecule has 1 unspecified atom stereocenters. The summed E-state index contributed by atoms with van der Waals surface area (Å²) >= 11 is 0. The highest BCUT2D eigenvalue weighted by molar-refractivity contribution is 6.00. The van der Waals surface area contributed by atoms with Gasteiger partial charge in [-0.15, -0.1) is 0 Å². The summed E-state index contributed by atoms with van der Waals surface area (Å²) in [4.78, 5) is 12.3. The van der Waals surface area contributed by atoms with Gasteiger partial charge >= 0.3 is 0 Å². The van der Waals surface area contributed by atoms with Crippen molar-refractivity contribution < 1.29 is 13.9 Å². The molecule has 0 saturated carbocycles. The maximum Gasteiger partial charge on any atom is 0.191 e. The minimum atomic E-state index is -0.481. The van der Waals surface area contributed by atoms with E-state index in [1.54, 1.807) is 19.3 Å². The second kappa shape index (κ2) is 5.85. The van der Waals surface area contributed by atoms with E-state index >= 15 is 0 Å². The SMILES string of the molecule is Cc1ccc(C)c(C(=O)C(C)OCc2ccco2)c1. The second-order valence-electron chi connectivity index (χ2n) is 4.72. The Kier molecular flexibility index (Phi) is 4.17. The number of carbonyl (C=O) groups is 1. The maximum atomic E-state index is 12.3. The van der Waals surface area contributed by atoms with Gasteiger partial charge in [-0.2, -0.15) is 0 Å². The highest BCUT2D eigenvalue weighted by Gasteiger charge is 2.18. The highest BCUT2D eigenvalue weighted by Crippen LogP contribution is 2.15. The molecule has 0 N–H and O–H groups in total. The van der Waals surface area contributed by atoms with E-state index in [0.29, 0.717) is 6.61 Å². The van der Waals surface area contributed by atoms with Crippen LogP contribution in [-0.2, 0) is 11.3 Å². The number of ether oxygens (including phenoxy) is 1. The van der Waals surface area contributed by atoms with Gasteiger partial charge in [0.2, 0.25) is 0 Å². The van der Waals surface area contributed by atoms with Crippen molar-refractivity contribution in [3.05, 3.63) is 59.0 Å². The Morgan fingerprint density at radius 2 is 2.11 bits per heavy atom. The molecule has 19 heavy (non-hydrogen) atoms. The smallest absolute Gasteiger partial charge is 0.191 e. The zero-order chi connectivity index (χ0) is 13.8. The molecule has 0 spiro atoms. The van der Waals surface area contributed by atoms with Crippen LogP contribution < -0.4 is 0 Å². The van der Waals surface area contributed by atoms with Crippen LogP contribution in [-0.4, -0.2) is 11.9 Å². The van der Waals surface area contributed by atoms with Gasteiger partial charge in [-0.05, 0) is 44.5 Å². The number of rotatable bonds is 5. The Bertz CT molecular complexity index is 555. The van der Waals surface area contributed by atoms with E-state index in [9.17, 15) is 4.79 Å². The van der Waals surface area contributed by atoms with E-state index in [2.05, 4.69) is 0 Å². The van der Waals surface area contributed by atoms with E-state index in [0.717, 1.165) is 22.5 Å². The molecule has 0 bridgehead atoms. The summed E-state index contributed by atoms with van der Waals surface area (Å²) in [7, 11) is 0. The number of furan rings is 1. The number of ketones is 1. The lowest BCUT2D eigenvalue weighted by Gasteiger charge is -2.13. The van der Waals surface area contributed by atoms with Gasteiger partial charge in [-0.25, -0.2) is 0 Å². The van der Waals surface area contributed by atoms with Crippen molar-refractivity contribution in [2.24, 2.45) is 0 Å². The second-order valence-corrected chi connectivity index (χ2v) is 4.72. The number of carbonyl (C=O) groups excluding carboxylic acids is 1. The summed E-state index contributed by atoms with van der Waals surface area (Å²) in [5, 5.41) is 0. The summed E-state index contributed by atoms with van der Waals surface area (Å²) in [6.07, 6.45) is 1.11. The van der Waals surface area contributed by atoms with Crippen molar-refractivity contribution in [2.75, 3.05) is 0 Å². The molecular weight excluding hydrogens is 240 g/mol. The highest BCUT2D eigenvalue weighted by atomic mass is 16.5. The Hall–Kier alpha value is -1.87. The molecular formula is C16H18O3. The van der Waals surface area contributed by atoms with Crippen LogP contribution in [0, 0.1) is 13.8 Å². The Morgan fingerprint density at radius 1 is 1.32 bits per heavy atom. The van der Waals surface area contributed by atoms with Gasteiger partial charge in [0.1, 0.15) is 18.5 Å². The fourth-order valence-electron chi connectivity index (χ4n) is 1.90. The van der Waals surface area contributed by atoms with Crippen molar-refractivity contribution in [2.45, 2.75) is 33.5 Å². The molecule has 3 nitrogen and oxygen atoms in total. The third-order valence-corrected chi connectivity index (χ3v) is 3.08. The molecule has 2 aromatic rings. The lowest BCUT2D eigenvalue weighted by atomic mass is 9.99. The molecule has 1 atom stereocenters. The zero-order valence-electron chi connectivity index (χ0n) is 11.5. The van der Waals surface area contributed by atoms with Crippen LogP contribution in [0.1, 0.15) is 34.2 Å². The molecule has 0 saturated heterocycles. The monoisotopic (exact) mass is 258 g/mol. The van der Waals surface area contributed by atoms with Gasteiger partial charge in [0.15, 0.2) is 5.78 Å². The minimum Gasteiger partial charge on any atom is -0.467 e. The van der Waals surface area contributed by atoms with Crippen molar-refractivity contribution in [3.63, 3.8) is 0 Å². The van der Waals surface area contributed by atoms with Gasteiger partial charge < -0.3 is 9.15 Å². The Labute approximate surface area is 113 Å². The molecule has 2 rings (SSSR count). The van der Waals surface area contributed by atoms with Gasteiger partial charge in [-0.3, -0.25) is 4.79 Å². The van der Waals surface area contributed by atoms with Crippen molar-refractivity contribution >= 4 is 5.78 Å². The first kappa shape index (κ1) is 13.6. The van der Waals surface area contributed by atoms with Crippen LogP contribution in [0.15, 0.2) is 41.0 Å². The molecule has 1 aromatic heterocycles.